The van der Waals surface area contributed by atoms with Crippen LogP contribution in [0.25, 0.3) is 17.0 Å². The summed E-state index contributed by atoms with van der Waals surface area (Å²) in [6.45, 7) is 4.05. The first kappa shape index (κ1) is 20.1. The highest BCUT2D eigenvalue weighted by Gasteiger charge is 2.16. The van der Waals surface area contributed by atoms with Gasteiger partial charge in [-0.3, -0.25) is 10.4 Å². The van der Waals surface area contributed by atoms with Crippen LogP contribution in [-0.4, -0.2) is 29.4 Å². The third kappa shape index (κ3) is 4.82. The summed E-state index contributed by atoms with van der Waals surface area (Å²) in [6.07, 6.45) is 1.63. The van der Waals surface area contributed by atoms with Gasteiger partial charge in [-0.25, -0.2) is 9.59 Å². The fourth-order valence-corrected chi connectivity index (χ4v) is 3.00. The molecule has 0 saturated heterocycles. The van der Waals surface area contributed by atoms with Gasteiger partial charge in [-0.2, -0.15) is 5.10 Å². The molecular weight excluding hydrogens is 370 g/mol. The summed E-state index contributed by atoms with van der Waals surface area (Å²) >= 11 is 0. The first-order valence-electron chi connectivity index (χ1n) is 9.27. The van der Waals surface area contributed by atoms with Crippen LogP contribution >= 0.6 is 0 Å². The minimum Gasteiger partial charge on any atom is -0.464 e. The van der Waals surface area contributed by atoms with Gasteiger partial charge in [0.05, 0.1) is 18.3 Å². The number of carbonyl (C=O) groups excluding carboxylic acids is 2. The fraction of sp³-hybridized carbons (Fsp3) is 0.227. The number of aryl methyl sites for hydroxylation is 2. The fourth-order valence-electron chi connectivity index (χ4n) is 3.00. The summed E-state index contributed by atoms with van der Waals surface area (Å²) in [5, 5.41) is 10.7. The van der Waals surface area contributed by atoms with Crippen molar-refractivity contribution in [2.45, 2.75) is 26.9 Å². The number of hydrogen-bond acceptors (Lipinski definition) is 5. The molecule has 1 amide bonds. The number of amides is 1. The van der Waals surface area contributed by atoms with E-state index in [1.165, 1.54) is 7.11 Å². The van der Waals surface area contributed by atoms with Crippen molar-refractivity contribution < 1.29 is 19.1 Å². The summed E-state index contributed by atoms with van der Waals surface area (Å²) in [7, 11) is 1.26. The number of H-pyrrole nitrogens is 1. The lowest BCUT2D eigenvalue weighted by Gasteiger charge is -2.10. The van der Waals surface area contributed by atoms with E-state index in [0.717, 1.165) is 39.7 Å². The SMILES string of the molecule is CCc1cc(/C=C(\NC(=O)OCc2ccccc2)C(=O)OC)cc2c(C)n[nH]c12. The van der Waals surface area contributed by atoms with Gasteiger partial charge < -0.3 is 9.47 Å². The molecule has 150 valence electrons. The van der Waals surface area contributed by atoms with Crippen LogP contribution in [0, 0.1) is 6.92 Å². The Labute approximate surface area is 168 Å². The molecule has 2 N–H and O–H groups in total. The lowest BCUT2D eigenvalue weighted by atomic mass is 10.0. The monoisotopic (exact) mass is 393 g/mol. The highest BCUT2D eigenvalue weighted by molar-refractivity contribution is 5.97. The predicted molar refractivity (Wildman–Crippen MR) is 110 cm³/mol. The third-order valence-electron chi connectivity index (χ3n) is 4.51. The van der Waals surface area contributed by atoms with Crippen molar-refractivity contribution in [3.05, 3.63) is 70.5 Å². The van der Waals surface area contributed by atoms with Crippen molar-refractivity contribution in [3.63, 3.8) is 0 Å². The number of alkyl carbamates (subject to hydrolysis) is 1. The van der Waals surface area contributed by atoms with Crippen LogP contribution in [0.3, 0.4) is 0 Å². The molecule has 29 heavy (non-hydrogen) atoms. The molecular formula is C22H23N3O4. The minimum atomic E-state index is -0.734. The first-order valence-corrected chi connectivity index (χ1v) is 9.27. The molecule has 0 spiro atoms. The molecule has 3 rings (SSSR count). The van der Waals surface area contributed by atoms with Crippen molar-refractivity contribution in [2.24, 2.45) is 0 Å². The molecule has 0 aliphatic heterocycles. The number of rotatable bonds is 6. The van der Waals surface area contributed by atoms with E-state index >= 15 is 0 Å². The average Bonchev–Trinajstić information content (AvgIpc) is 3.12. The molecule has 2 aromatic carbocycles. The van der Waals surface area contributed by atoms with E-state index in [4.69, 9.17) is 9.47 Å². The number of aromatic nitrogens is 2. The van der Waals surface area contributed by atoms with E-state index in [0.29, 0.717) is 0 Å². The van der Waals surface area contributed by atoms with Gasteiger partial charge in [-0.15, -0.1) is 0 Å². The zero-order chi connectivity index (χ0) is 20.8. The van der Waals surface area contributed by atoms with Crippen LogP contribution in [-0.2, 0) is 27.3 Å². The van der Waals surface area contributed by atoms with E-state index in [-0.39, 0.29) is 12.3 Å². The summed E-state index contributed by atoms with van der Waals surface area (Å²) < 4.78 is 10.0. The van der Waals surface area contributed by atoms with Crippen molar-refractivity contribution in [1.29, 1.82) is 0 Å². The molecule has 0 aliphatic carbocycles. The van der Waals surface area contributed by atoms with Crippen LogP contribution in [0.15, 0.2) is 48.2 Å². The number of aromatic amines is 1. The Bertz CT molecular complexity index is 1050. The van der Waals surface area contributed by atoms with Crippen LogP contribution in [0.1, 0.15) is 29.3 Å². The number of fused-ring (bicyclic) bond motifs is 1. The summed E-state index contributed by atoms with van der Waals surface area (Å²) in [6, 6.07) is 13.1. The maximum atomic E-state index is 12.2. The zero-order valence-electron chi connectivity index (χ0n) is 16.6. The molecule has 0 bridgehead atoms. The Balaban J connectivity index is 1.83. The second-order valence-corrected chi connectivity index (χ2v) is 6.50. The second-order valence-electron chi connectivity index (χ2n) is 6.50. The Kier molecular flexibility index (Phi) is 6.29. The van der Waals surface area contributed by atoms with Crippen LogP contribution in [0.4, 0.5) is 4.79 Å². The standard InChI is InChI=1S/C22H23N3O4/c1-4-17-10-16(11-18-14(2)24-25-20(17)18)12-19(21(26)28-3)23-22(27)29-13-15-8-6-5-7-9-15/h5-12H,4,13H2,1-3H3,(H,23,27)(H,24,25)/b19-12-. The molecule has 0 atom stereocenters. The second kappa shape index (κ2) is 9.05. The van der Waals surface area contributed by atoms with Gasteiger partial charge in [0, 0.05) is 5.39 Å². The number of nitrogens with zero attached hydrogens (tertiary/aromatic N) is 1. The summed E-state index contributed by atoms with van der Waals surface area (Å²) in [5.41, 5.74) is 4.48. The minimum absolute atomic E-state index is 0.00638. The Hall–Kier alpha value is -3.61. The number of methoxy groups -OCH3 is 1. The molecule has 1 heterocycles. The normalized spacial score (nSPS) is 11.3. The Morgan fingerprint density at radius 2 is 1.97 bits per heavy atom. The maximum absolute atomic E-state index is 12.2. The molecule has 1 aromatic heterocycles. The van der Waals surface area contributed by atoms with Gasteiger partial charge in [0.15, 0.2) is 0 Å². The Morgan fingerprint density at radius 3 is 2.66 bits per heavy atom. The lowest BCUT2D eigenvalue weighted by Crippen LogP contribution is -2.28. The van der Waals surface area contributed by atoms with Crippen LogP contribution in [0.2, 0.25) is 0 Å². The van der Waals surface area contributed by atoms with Crippen molar-refractivity contribution in [2.75, 3.05) is 7.11 Å². The molecule has 3 aromatic rings. The van der Waals surface area contributed by atoms with E-state index in [9.17, 15) is 9.59 Å². The van der Waals surface area contributed by atoms with Crippen molar-refractivity contribution >= 4 is 29.0 Å². The maximum Gasteiger partial charge on any atom is 0.412 e. The summed E-state index contributed by atoms with van der Waals surface area (Å²) in [4.78, 5) is 24.4. The van der Waals surface area contributed by atoms with Gasteiger partial charge in [0.2, 0.25) is 0 Å². The third-order valence-corrected chi connectivity index (χ3v) is 4.51. The van der Waals surface area contributed by atoms with Crippen LogP contribution < -0.4 is 5.32 Å². The van der Waals surface area contributed by atoms with E-state index in [1.807, 2.05) is 56.3 Å². The molecule has 0 aliphatic rings. The van der Waals surface area contributed by atoms with Gasteiger partial charge >= 0.3 is 12.1 Å². The number of ether oxygens (including phenoxy) is 2. The van der Waals surface area contributed by atoms with Gasteiger partial charge in [-0.05, 0) is 48.2 Å². The number of esters is 1. The van der Waals surface area contributed by atoms with Gasteiger partial charge in [0.25, 0.3) is 0 Å². The summed E-state index contributed by atoms with van der Waals surface area (Å²) in [5.74, 6) is -0.663. The highest BCUT2D eigenvalue weighted by atomic mass is 16.6. The Morgan fingerprint density at radius 1 is 1.21 bits per heavy atom. The smallest absolute Gasteiger partial charge is 0.412 e. The van der Waals surface area contributed by atoms with E-state index < -0.39 is 12.1 Å². The molecule has 7 nitrogen and oxygen atoms in total. The molecule has 0 saturated carbocycles. The molecule has 0 unspecified atom stereocenters. The predicted octanol–water partition coefficient (Wildman–Crippen LogP) is 3.87. The molecule has 0 fully saturated rings. The molecule has 0 radical (unpaired) electrons. The lowest BCUT2D eigenvalue weighted by molar-refractivity contribution is -0.136. The average molecular weight is 393 g/mol. The number of carbonyl (C=O) groups is 2. The van der Waals surface area contributed by atoms with Gasteiger partial charge in [0.1, 0.15) is 12.3 Å². The zero-order valence-corrected chi connectivity index (χ0v) is 16.6. The topological polar surface area (TPSA) is 93.3 Å². The van der Waals surface area contributed by atoms with Crippen molar-refractivity contribution in [3.8, 4) is 0 Å². The quantitative estimate of drug-likeness (QED) is 0.490. The number of hydrogen-bond donors (Lipinski definition) is 2. The van der Waals surface area contributed by atoms with Gasteiger partial charge in [-0.1, -0.05) is 37.3 Å². The number of nitrogens with one attached hydrogen (secondary N) is 2. The highest BCUT2D eigenvalue weighted by Crippen LogP contribution is 2.23. The van der Waals surface area contributed by atoms with Crippen molar-refractivity contribution in [1.82, 2.24) is 15.5 Å². The molecule has 7 heteroatoms. The van der Waals surface area contributed by atoms with E-state index in [2.05, 4.69) is 15.5 Å². The first-order chi connectivity index (χ1) is 14.0. The largest absolute Gasteiger partial charge is 0.464 e. The van der Waals surface area contributed by atoms with E-state index in [1.54, 1.807) is 6.08 Å². The van der Waals surface area contributed by atoms with Crippen LogP contribution in [0.5, 0.6) is 0 Å². The number of benzene rings is 2.